The molecular weight excluding hydrogens is 413 g/mol. The summed E-state index contributed by atoms with van der Waals surface area (Å²) in [6.07, 6.45) is 3.97. The lowest BCUT2D eigenvalue weighted by molar-refractivity contribution is -0.116. The van der Waals surface area contributed by atoms with Crippen LogP contribution in [0.25, 0.3) is 0 Å². The second-order valence-corrected chi connectivity index (χ2v) is 8.46. The van der Waals surface area contributed by atoms with Crippen LogP contribution in [0.2, 0.25) is 10.0 Å². The standard InChI is InChI=1S/C16H15Cl2N5OS2/c1-10-7-19-23(8-10)6-5-14(24)20-15-21-22-16(26-15)25-9-11-12(17)3-2-4-13(11)18/h2-4,7-8H,5-6,9H2,1H3,(H,20,21,24). The Hall–Kier alpha value is -1.61. The third kappa shape index (κ3) is 5.20. The van der Waals surface area contributed by atoms with Gasteiger partial charge >= 0.3 is 0 Å². The predicted octanol–water partition coefficient (Wildman–Crippen LogP) is 4.67. The van der Waals surface area contributed by atoms with Gasteiger partial charge in [-0.2, -0.15) is 5.10 Å². The molecule has 0 aliphatic heterocycles. The van der Waals surface area contributed by atoms with E-state index in [0.717, 1.165) is 15.5 Å². The van der Waals surface area contributed by atoms with E-state index < -0.39 is 0 Å². The number of carbonyl (C=O) groups is 1. The molecule has 1 aromatic carbocycles. The molecule has 0 saturated carbocycles. The van der Waals surface area contributed by atoms with E-state index in [1.807, 2.05) is 19.2 Å². The number of thioether (sulfide) groups is 1. The SMILES string of the molecule is Cc1cnn(CCC(=O)Nc2nnc(SCc3c(Cl)cccc3Cl)s2)c1. The van der Waals surface area contributed by atoms with Gasteiger partial charge in [0.2, 0.25) is 11.0 Å². The zero-order chi connectivity index (χ0) is 18.5. The highest BCUT2D eigenvalue weighted by Gasteiger charge is 2.11. The van der Waals surface area contributed by atoms with E-state index in [9.17, 15) is 4.79 Å². The van der Waals surface area contributed by atoms with Gasteiger partial charge in [-0.25, -0.2) is 0 Å². The Kier molecular flexibility index (Phi) is 6.53. The van der Waals surface area contributed by atoms with Crippen LogP contribution in [0.4, 0.5) is 5.13 Å². The van der Waals surface area contributed by atoms with Crippen LogP contribution in [0.3, 0.4) is 0 Å². The summed E-state index contributed by atoms with van der Waals surface area (Å²) in [5, 5.41) is 16.7. The van der Waals surface area contributed by atoms with Crippen molar-refractivity contribution in [1.29, 1.82) is 0 Å². The molecule has 0 radical (unpaired) electrons. The summed E-state index contributed by atoms with van der Waals surface area (Å²) in [5.74, 6) is 0.458. The van der Waals surface area contributed by atoms with Crippen molar-refractivity contribution in [3.8, 4) is 0 Å². The van der Waals surface area contributed by atoms with Gasteiger partial charge in [-0.15, -0.1) is 10.2 Å². The Morgan fingerprint density at radius 1 is 1.31 bits per heavy atom. The van der Waals surface area contributed by atoms with Crippen LogP contribution in [0.1, 0.15) is 17.5 Å². The molecule has 0 atom stereocenters. The Bertz CT molecular complexity index is 891. The largest absolute Gasteiger partial charge is 0.300 e. The Balaban J connectivity index is 1.50. The molecule has 1 amide bonds. The monoisotopic (exact) mass is 427 g/mol. The first-order valence-electron chi connectivity index (χ1n) is 7.69. The molecule has 0 bridgehead atoms. The lowest BCUT2D eigenvalue weighted by atomic mass is 10.2. The predicted molar refractivity (Wildman–Crippen MR) is 106 cm³/mol. The Morgan fingerprint density at radius 3 is 2.77 bits per heavy atom. The molecule has 2 heterocycles. The summed E-state index contributed by atoms with van der Waals surface area (Å²) < 4.78 is 2.47. The molecule has 0 aliphatic rings. The van der Waals surface area contributed by atoms with Crippen molar-refractivity contribution in [3.63, 3.8) is 0 Å². The number of amides is 1. The second kappa shape index (κ2) is 8.85. The van der Waals surface area contributed by atoms with E-state index in [4.69, 9.17) is 23.2 Å². The van der Waals surface area contributed by atoms with Crippen molar-refractivity contribution in [1.82, 2.24) is 20.0 Å². The Labute approximate surface area is 168 Å². The van der Waals surface area contributed by atoms with Crippen LogP contribution >= 0.6 is 46.3 Å². The highest BCUT2D eigenvalue weighted by molar-refractivity contribution is 8.00. The maximum absolute atomic E-state index is 12.0. The minimum Gasteiger partial charge on any atom is -0.300 e. The number of carbonyl (C=O) groups excluding carboxylic acids is 1. The molecule has 0 spiro atoms. The third-order valence-electron chi connectivity index (χ3n) is 3.38. The van der Waals surface area contributed by atoms with Crippen molar-refractivity contribution in [2.24, 2.45) is 0 Å². The Morgan fingerprint density at radius 2 is 2.08 bits per heavy atom. The first-order chi connectivity index (χ1) is 12.5. The zero-order valence-corrected chi connectivity index (χ0v) is 16.9. The fourth-order valence-electron chi connectivity index (χ4n) is 2.11. The van der Waals surface area contributed by atoms with E-state index >= 15 is 0 Å². The van der Waals surface area contributed by atoms with Gasteiger partial charge in [0.05, 0.1) is 6.20 Å². The molecule has 10 heteroatoms. The quantitative estimate of drug-likeness (QED) is 0.437. The summed E-state index contributed by atoms with van der Waals surface area (Å²) in [4.78, 5) is 12.0. The van der Waals surface area contributed by atoms with Gasteiger partial charge in [0, 0.05) is 35.0 Å². The van der Waals surface area contributed by atoms with Crippen molar-refractivity contribution in [2.45, 2.75) is 30.0 Å². The maximum atomic E-state index is 12.0. The molecule has 136 valence electrons. The van der Waals surface area contributed by atoms with Crippen LogP contribution < -0.4 is 5.32 Å². The lowest BCUT2D eigenvalue weighted by Gasteiger charge is -2.04. The number of nitrogens with one attached hydrogen (secondary N) is 1. The summed E-state index contributed by atoms with van der Waals surface area (Å²) >= 11 is 15.1. The van der Waals surface area contributed by atoms with Crippen molar-refractivity contribution in [3.05, 3.63) is 51.8 Å². The molecule has 6 nitrogen and oxygen atoms in total. The average molecular weight is 428 g/mol. The van der Waals surface area contributed by atoms with Gasteiger partial charge in [0.25, 0.3) is 0 Å². The fraction of sp³-hybridized carbons (Fsp3) is 0.250. The molecular formula is C16H15Cl2N5OS2. The smallest absolute Gasteiger partial charge is 0.228 e. The summed E-state index contributed by atoms with van der Waals surface area (Å²) in [6, 6.07) is 5.41. The van der Waals surface area contributed by atoms with E-state index in [0.29, 0.717) is 33.9 Å². The van der Waals surface area contributed by atoms with Crippen molar-refractivity contribution >= 4 is 57.3 Å². The first kappa shape index (κ1) is 19.2. The average Bonchev–Trinajstić information content (AvgIpc) is 3.21. The highest BCUT2D eigenvalue weighted by atomic mass is 35.5. The number of benzene rings is 1. The molecule has 26 heavy (non-hydrogen) atoms. The van der Waals surface area contributed by atoms with Crippen LogP contribution in [0.15, 0.2) is 34.9 Å². The zero-order valence-electron chi connectivity index (χ0n) is 13.8. The summed E-state index contributed by atoms with van der Waals surface area (Å²) in [7, 11) is 0. The topological polar surface area (TPSA) is 72.7 Å². The number of hydrogen-bond acceptors (Lipinski definition) is 6. The molecule has 0 fully saturated rings. The molecule has 2 aromatic heterocycles. The molecule has 0 saturated heterocycles. The fourth-order valence-corrected chi connectivity index (χ4v) is 4.62. The van der Waals surface area contributed by atoms with Gasteiger partial charge in [0.15, 0.2) is 4.34 Å². The minimum atomic E-state index is -0.125. The van der Waals surface area contributed by atoms with Gasteiger partial charge < -0.3 is 5.32 Å². The number of aromatic nitrogens is 4. The van der Waals surface area contributed by atoms with Crippen LogP contribution in [-0.2, 0) is 17.1 Å². The van der Waals surface area contributed by atoms with E-state index in [1.54, 1.807) is 23.0 Å². The summed E-state index contributed by atoms with van der Waals surface area (Å²) in [6.45, 7) is 2.48. The molecule has 3 aromatic rings. The highest BCUT2D eigenvalue weighted by Crippen LogP contribution is 2.33. The molecule has 3 rings (SSSR count). The van der Waals surface area contributed by atoms with Crippen LogP contribution in [0.5, 0.6) is 0 Å². The molecule has 0 aliphatic carbocycles. The number of hydrogen-bond donors (Lipinski definition) is 1. The van der Waals surface area contributed by atoms with Crippen LogP contribution in [-0.4, -0.2) is 25.9 Å². The number of aryl methyl sites for hydroxylation is 2. The van der Waals surface area contributed by atoms with Gasteiger partial charge in [-0.1, -0.05) is 52.4 Å². The lowest BCUT2D eigenvalue weighted by Crippen LogP contribution is -2.14. The van der Waals surface area contributed by atoms with E-state index in [1.165, 1.54) is 23.1 Å². The molecule has 0 unspecified atom stereocenters. The van der Waals surface area contributed by atoms with Crippen molar-refractivity contribution in [2.75, 3.05) is 5.32 Å². The number of nitrogens with zero attached hydrogens (tertiary/aromatic N) is 4. The normalized spacial score (nSPS) is 10.9. The number of anilines is 1. The van der Waals surface area contributed by atoms with E-state index in [2.05, 4.69) is 20.6 Å². The van der Waals surface area contributed by atoms with Crippen LogP contribution in [0, 0.1) is 6.92 Å². The summed E-state index contributed by atoms with van der Waals surface area (Å²) in [5.41, 5.74) is 1.92. The maximum Gasteiger partial charge on any atom is 0.228 e. The van der Waals surface area contributed by atoms with Gasteiger partial charge in [-0.05, 0) is 30.2 Å². The number of halogens is 2. The van der Waals surface area contributed by atoms with Gasteiger partial charge in [0.1, 0.15) is 0 Å². The minimum absolute atomic E-state index is 0.125. The number of rotatable bonds is 7. The van der Waals surface area contributed by atoms with Crippen molar-refractivity contribution < 1.29 is 4.79 Å². The van der Waals surface area contributed by atoms with E-state index in [-0.39, 0.29) is 5.91 Å². The third-order valence-corrected chi connectivity index (χ3v) is 6.09. The van der Waals surface area contributed by atoms with Gasteiger partial charge in [-0.3, -0.25) is 9.48 Å². The second-order valence-electron chi connectivity index (χ2n) is 5.44. The first-order valence-corrected chi connectivity index (χ1v) is 10.2. The molecule has 1 N–H and O–H groups in total.